The second kappa shape index (κ2) is 6.05. The van der Waals surface area contributed by atoms with Crippen LogP contribution in [0.1, 0.15) is 22.6 Å². The zero-order valence-electron chi connectivity index (χ0n) is 13.8. The van der Waals surface area contributed by atoms with Crippen molar-refractivity contribution >= 4 is 15.9 Å². The third kappa shape index (κ3) is 3.03. The smallest absolute Gasteiger partial charge is 0.257 e. The standard InChI is InChI=1S/C15H22N4O4S/c1-11-16-5-12(6-17-11)14(21)18-4-3-13-7-19(24(2,22)23)9-15(13,8-18)10-20/h5-6,13,20H,3-4,7-10H2,1-2H3/t13-,15+/m0/s1. The number of fused-ring (bicyclic) bond motifs is 1. The molecule has 24 heavy (non-hydrogen) atoms. The molecular weight excluding hydrogens is 332 g/mol. The van der Waals surface area contributed by atoms with Crippen LogP contribution in [-0.4, -0.2) is 77.6 Å². The molecule has 3 heterocycles. The van der Waals surface area contributed by atoms with Crippen LogP contribution in [0.15, 0.2) is 12.4 Å². The maximum atomic E-state index is 12.7. The van der Waals surface area contributed by atoms with E-state index in [1.165, 1.54) is 23.0 Å². The van der Waals surface area contributed by atoms with Crippen molar-refractivity contribution in [2.24, 2.45) is 11.3 Å². The SMILES string of the molecule is Cc1ncc(C(=O)N2CC[C@H]3CN(S(C)(=O)=O)C[C@@]3(CO)C2)cn1. The number of hydrogen-bond acceptors (Lipinski definition) is 6. The summed E-state index contributed by atoms with van der Waals surface area (Å²) in [6.45, 7) is 3.15. The van der Waals surface area contributed by atoms with Gasteiger partial charge in [-0.1, -0.05) is 0 Å². The zero-order chi connectivity index (χ0) is 17.5. The number of aliphatic hydroxyl groups excluding tert-OH is 1. The molecule has 1 amide bonds. The van der Waals surface area contributed by atoms with Gasteiger partial charge in [-0.05, 0) is 19.3 Å². The summed E-state index contributed by atoms with van der Waals surface area (Å²) in [5.74, 6) is 0.478. The molecule has 0 aromatic carbocycles. The van der Waals surface area contributed by atoms with Gasteiger partial charge >= 0.3 is 0 Å². The van der Waals surface area contributed by atoms with E-state index in [-0.39, 0.29) is 25.0 Å². The predicted octanol–water partition coefficient (Wildman–Crippen LogP) is -0.499. The largest absolute Gasteiger partial charge is 0.396 e. The van der Waals surface area contributed by atoms with E-state index < -0.39 is 15.4 Å². The van der Waals surface area contributed by atoms with Crippen LogP contribution in [0.25, 0.3) is 0 Å². The van der Waals surface area contributed by atoms with Crippen molar-refractivity contribution in [1.82, 2.24) is 19.2 Å². The molecule has 1 N–H and O–H groups in total. The monoisotopic (exact) mass is 354 g/mol. The molecule has 0 unspecified atom stereocenters. The molecule has 2 fully saturated rings. The van der Waals surface area contributed by atoms with Gasteiger partial charge in [-0.15, -0.1) is 0 Å². The highest BCUT2D eigenvalue weighted by atomic mass is 32.2. The van der Waals surface area contributed by atoms with Crippen molar-refractivity contribution in [1.29, 1.82) is 0 Å². The fraction of sp³-hybridized carbons (Fsp3) is 0.667. The van der Waals surface area contributed by atoms with E-state index in [0.29, 0.717) is 37.4 Å². The van der Waals surface area contributed by atoms with Gasteiger partial charge in [-0.3, -0.25) is 4.79 Å². The van der Waals surface area contributed by atoms with Gasteiger partial charge in [-0.25, -0.2) is 22.7 Å². The lowest BCUT2D eigenvalue weighted by Gasteiger charge is -2.43. The normalized spacial score (nSPS) is 28.0. The maximum Gasteiger partial charge on any atom is 0.257 e. The van der Waals surface area contributed by atoms with Gasteiger partial charge in [0.15, 0.2) is 0 Å². The number of aromatic nitrogens is 2. The summed E-state index contributed by atoms with van der Waals surface area (Å²) < 4.78 is 25.1. The predicted molar refractivity (Wildman–Crippen MR) is 86.7 cm³/mol. The van der Waals surface area contributed by atoms with Gasteiger partial charge in [0.25, 0.3) is 5.91 Å². The Labute approximate surface area is 141 Å². The van der Waals surface area contributed by atoms with Crippen molar-refractivity contribution in [3.63, 3.8) is 0 Å². The number of rotatable bonds is 3. The molecule has 8 nitrogen and oxygen atoms in total. The quantitative estimate of drug-likeness (QED) is 0.785. The number of likely N-dealkylation sites (tertiary alicyclic amines) is 1. The Bertz CT molecular complexity index is 736. The highest BCUT2D eigenvalue weighted by Gasteiger charge is 2.52. The van der Waals surface area contributed by atoms with Crippen molar-refractivity contribution in [2.75, 3.05) is 39.0 Å². The third-order valence-electron chi connectivity index (χ3n) is 5.13. The second-order valence-electron chi connectivity index (χ2n) is 6.81. The number of carbonyl (C=O) groups is 1. The zero-order valence-corrected chi connectivity index (χ0v) is 14.7. The van der Waals surface area contributed by atoms with E-state index >= 15 is 0 Å². The van der Waals surface area contributed by atoms with Crippen molar-refractivity contribution in [3.05, 3.63) is 23.8 Å². The van der Waals surface area contributed by atoms with Crippen LogP contribution in [0, 0.1) is 18.3 Å². The van der Waals surface area contributed by atoms with E-state index in [1.807, 2.05) is 0 Å². The van der Waals surface area contributed by atoms with E-state index in [2.05, 4.69) is 9.97 Å². The van der Waals surface area contributed by atoms with Crippen molar-refractivity contribution in [3.8, 4) is 0 Å². The molecule has 0 bridgehead atoms. The lowest BCUT2D eigenvalue weighted by Crippen LogP contribution is -2.52. The average molecular weight is 354 g/mol. The molecule has 9 heteroatoms. The number of piperidine rings is 1. The molecule has 1 aromatic rings. The van der Waals surface area contributed by atoms with Gasteiger partial charge in [0, 0.05) is 44.0 Å². The van der Waals surface area contributed by atoms with Gasteiger partial charge in [0.2, 0.25) is 10.0 Å². The van der Waals surface area contributed by atoms with Crippen LogP contribution in [0.2, 0.25) is 0 Å². The van der Waals surface area contributed by atoms with Gasteiger partial charge in [0.05, 0.1) is 18.4 Å². The maximum absolute atomic E-state index is 12.7. The number of aliphatic hydroxyl groups is 1. The van der Waals surface area contributed by atoms with E-state index in [0.717, 1.165) is 0 Å². The second-order valence-corrected chi connectivity index (χ2v) is 8.79. The highest BCUT2D eigenvalue weighted by Crippen LogP contribution is 2.42. The van der Waals surface area contributed by atoms with Gasteiger partial charge in [0.1, 0.15) is 5.82 Å². The summed E-state index contributed by atoms with van der Waals surface area (Å²) in [7, 11) is -3.30. The van der Waals surface area contributed by atoms with E-state index in [1.54, 1.807) is 11.8 Å². The molecule has 0 spiro atoms. The lowest BCUT2D eigenvalue weighted by atomic mass is 9.74. The lowest BCUT2D eigenvalue weighted by molar-refractivity contribution is 0.0129. The average Bonchev–Trinajstić information content (AvgIpc) is 2.94. The molecular formula is C15H22N4O4S. The molecule has 2 aliphatic heterocycles. The van der Waals surface area contributed by atoms with Crippen LogP contribution >= 0.6 is 0 Å². The molecule has 3 rings (SSSR count). The van der Waals surface area contributed by atoms with Crippen molar-refractivity contribution in [2.45, 2.75) is 13.3 Å². The Morgan fingerprint density at radius 2 is 2.04 bits per heavy atom. The number of nitrogens with zero attached hydrogens (tertiary/aromatic N) is 4. The van der Waals surface area contributed by atoms with Crippen molar-refractivity contribution < 1.29 is 18.3 Å². The summed E-state index contributed by atoms with van der Waals surface area (Å²) in [6, 6.07) is 0. The first-order valence-corrected chi connectivity index (χ1v) is 9.74. The van der Waals surface area contributed by atoms with Crippen LogP contribution < -0.4 is 0 Å². The van der Waals surface area contributed by atoms with Crippen LogP contribution in [0.3, 0.4) is 0 Å². The summed E-state index contributed by atoms with van der Waals surface area (Å²) in [5.41, 5.74) is -0.187. The van der Waals surface area contributed by atoms with Gasteiger partial charge < -0.3 is 10.0 Å². The molecule has 2 atom stereocenters. The first kappa shape index (κ1) is 17.2. The fourth-order valence-corrected chi connectivity index (χ4v) is 4.61. The minimum Gasteiger partial charge on any atom is -0.396 e. The van der Waals surface area contributed by atoms with Gasteiger partial charge in [-0.2, -0.15) is 0 Å². The third-order valence-corrected chi connectivity index (χ3v) is 6.35. The van der Waals surface area contributed by atoms with Crippen LogP contribution in [0.4, 0.5) is 0 Å². The number of hydrogen-bond donors (Lipinski definition) is 1. The summed E-state index contributed by atoms with van der Waals surface area (Å²) >= 11 is 0. The minimum atomic E-state index is -3.30. The molecule has 0 radical (unpaired) electrons. The molecule has 1 aromatic heterocycles. The minimum absolute atomic E-state index is 0.0653. The topological polar surface area (TPSA) is 104 Å². The molecule has 2 aliphatic rings. The number of aryl methyl sites for hydroxylation is 1. The van der Waals surface area contributed by atoms with E-state index in [4.69, 9.17) is 0 Å². The molecule has 0 aliphatic carbocycles. The molecule has 0 saturated carbocycles. The summed E-state index contributed by atoms with van der Waals surface area (Å²) in [5, 5.41) is 9.96. The van der Waals surface area contributed by atoms with E-state index in [9.17, 15) is 18.3 Å². The Morgan fingerprint density at radius 3 is 2.62 bits per heavy atom. The van der Waals surface area contributed by atoms with Crippen LogP contribution in [0.5, 0.6) is 0 Å². The Kier molecular flexibility index (Phi) is 4.35. The van der Waals surface area contributed by atoms with Crippen LogP contribution in [-0.2, 0) is 10.0 Å². The highest BCUT2D eigenvalue weighted by molar-refractivity contribution is 7.88. The Morgan fingerprint density at radius 1 is 1.38 bits per heavy atom. The first-order chi connectivity index (χ1) is 11.2. The number of carbonyl (C=O) groups excluding carboxylic acids is 1. The fourth-order valence-electron chi connectivity index (χ4n) is 3.67. The Hall–Kier alpha value is -1.58. The number of sulfonamides is 1. The number of amides is 1. The first-order valence-electron chi connectivity index (χ1n) is 7.89. The molecule has 2 saturated heterocycles. The Balaban J connectivity index is 1.81. The molecule has 132 valence electrons. The summed E-state index contributed by atoms with van der Waals surface area (Å²) in [6.07, 6.45) is 4.85. The summed E-state index contributed by atoms with van der Waals surface area (Å²) in [4.78, 5) is 22.4.